The van der Waals surface area contributed by atoms with Crippen LogP contribution in [0.2, 0.25) is 0 Å². The van der Waals surface area contributed by atoms with E-state index in [-0.39, 0.29) is 22.5 Å². The number of nitrogens with one attached hydrogen (secondary N) is 2. The van der Waals surface area contributed by atoms with E-state index < -0.39 is 21.7 Å². The van der Waals surface area contributed by atoms with E-state index in [0.29, 0.717) is 11.4 Å². The largest absolute Gasteiger partial charge is 0.322 e. The van der Waals surface area contributed by atoms with Crippen molar-refractivity contribution in [3.05, 3.63) is 127 Å². The highest BCUT2D eigenvalue weighted by atomic mass is 16.6. The van der Waals surface area contributed by atoms with Crippen LogP contribution in [-0.2, 0) is 0 Å². The highest BCUT2D eigenvalue weighted by molar-refractivity contribution is 6.08. The lowest BCUT2D eigenvalue weighted by Crippen LogP contribution is -2.14. The zero-order valence-electron chi connectivity index (χ0n) is 20.4. The molecule has 0 fully saturated rings. The van der Waals surface area contributed by atoms with Gasteiger partial charge in [-0.2, -0.15) is 0 Å². The molecule has 0 aliphatic rings. The Morgan fingerprint density at radius 1 is 0.605 bits per heavy atom. The molecular formula is C28H22N4O6. The molecule has 0 bridgehead atoms. The number of carbonyl (C=O) groups is 2. The smallest absolute Gasteiger partial charge is 0.282 e. The fourth-order valence-corrected chi connectivity index (χ4v) is 4.13. The van der Waals surface area contributed by atoms with E-state index in [1.165, 1.54) is 36.4 Å². The lowest BCUT2D eigenvalue weighted by atomic mass is 9.95. The van der Waals surface area contributed by atoms with Gasteiger partial charge in [-0.3, -0.25) is 29.8 Å². The normalized spacial score (nSPS) is 10.5. The predicted molar refractivity (Wildman–Crippen MR) is 143 cm³/mol. The van der Waals surface area contributed by atoms with Gasteiger partial charge in [-0.15, -0.1) is 0 Å². The fourth-order valence-electron chi connectivity index (χ4n) is 4.13. The van der Waals surface area contributed by atoms with Gasteiger partial charge in [0, 0.05) is 23.5 Å². The van der Waals surface area contributed by atoms with Crippen molar-refractivity contribution in [3.8, 4) is 11.1 Å². The van der Waals surface area contributed by atoms with Crippen LogP contribution in [0.5, 0.6) is 0 Å². The van der Waals surface area contributed by atoms with Gasteiger partial charge in [0.1, 0.15) is 11.1 Å². The predicted octanol–water partition coefficient (Wildman–Crippen LogP) is 6.29. The molecule has 10 heteroatoms. The SMILES string of the molecule is Cc1cc(NC(=O)c2ccccc2[N+](=O)[O-])ccc1-c1ccc(NC(=O)c2ccccc2[N+](=O)[O-])cc1C. The second-order valence-electron chi connectivity index (χ2n) is 8.52. The monoisotopic (exact) mass is 510 g/mol. The number of aryl methyl sites for hydroxylation is 2. The van der Waals surface area contributed by atoms with Gasteiger partial charge in [0.2, 0.25) is 0 Å². The summed E-state index contributed by atoms with van der Waals surface area (Å²) >= 11 is 0. The van der Waals surface area contributed by atoms with Crippen LogP contribution in [0.25, 0.3) is 11.1 Å². The van der Waals surface area contributed by atoms with Gasteiger partial charge in [-0.1, -0.05) is 36.4 Å². The van der Waals surface area contributed by atoms with Gasteiger partial charge >= 0.3 is 0 Å². The number of amides is 2. The van der Waals surface area contributed by atoms with Gasteiger partial charge < -0.3 is 10.6 Å². The first-order valence-electron chi connectivity index (χ1n) is 11.5. The second kappa shape index (κ2) is 10.7. The molecule has 38 heavy (non-hydrogen) atoms. The molecule has 0 unspecified atom stereocenters. The van der Waals surface area contributed by atoms with Crippen molar-refractivity contribution in [1.82, 2.24) is 0 Å². The summed E-state index contributed by atoms with van der Waals surface area (Å²) in [6, 6.07) is 22.1. The second-order valence-corrected chi connectivity index (χ2v) is 8.52. The van der Waals surface area contributed by atoms with Crippen molar-refractivity contribution >= 4 is 34.6 Å². The minimum atomic E-state index is -0.598. The van der Waals surface area contributed by atoms with E-state index >= 15 is 0 Å². The van der Waals surface area contributed by atoms with Crippen LogP contribution in [0.1, 0.15) is 31.8 Å². The van der Waals surface area contributed by atoms with Crippen LogP contribution < -0.4 is 10.6 Å². The number of hydrogen-bond acceptors (Lipinski definition) is 6. The van der Waals surface area contributed by atoms with Gasteiger partial charge in [0.15, 0.2) is 0 Å². The topological polar surface area (TPSA) is 144 Å². The van der Waals surface area contributed by atoms with E-state index in [4.69, 9.17) is 0 Å². The minimum absolute atomic E-state index is 0.0338. The summed E-state index contributed by atoms with van der Waals surface area (Å²) in [4.78, 5) is 46.6. The summed E-state index contributed by atoms with van der Waals surface area (Å²) in [6.45, 7) is 3.75. The third kappa shape index (κ3) is 5.39. The lowest BCUT2D eigenvalue weighted by molar-refractivity contribution is -0.385. The van der Waals surface area contributed by atoms with E-state index in [9.17, 15) is 29.8 Å². The van der Waals surface area contributed by atoms with Crippen molar-refractivity contribution in [2.45, 2.75) is 13.8 Å². The summed E-state index contributed by atoms with van der Waals surface area (Å²) in [7, 11) is 0. The Morgan fingerprint density at radius 2 is 0.974 bits per heavy atom. The van der Waals surface area contributed by atoms with E-state index in [1.807, 2.05) is 26.0 Å². The Bertz CT molecular complexity index is 1480. The van der Waals surface area contributed by atoms with Gasteiger partial charge in [-0.05, 0) is 72.5 Å². The molecule has 0 radical (unpaired) electrons. The molecule has 0 aliphatic heterocycles. The van der Waals surface area contributed by atoms with Crippen LogP contribution in [0.4, 0.5) is 22.7 Å². The highest BCUT2D eigenvalue weighted by Crippen LogP contribution is 2.31. The average Bonchev–Trinajstić information content (AvgIpc) is 2.89. The molecule has 0 atom stereocenters. The Balaban J connectivity index is 1.53. The van der Waals surface area contributed by atoms with Gasteiger partial charge in [0.05, 0.1) is 9.85 Å². The molecule has 0 spiro atoms. The third-order valence-electron chi connectivity index (χ3n) is 5.95. The van der Waals surface area contributed by atoms with Crippen LogP contribution in [0, 0.1) is 34.1 Å². The van der Waals surface area contributed by atoms with Crippen LogP contribution in [-0.4, -0.2) is 21.7 Å². The first-order valence-corrected chi connectivity index (χ1v) is 11.5. The maximum atomic E-state index is 12.7. The molecule has 4 rings (SSSR count). The Hall–Kier alpha value is -5.38. The number of benzene rings is 4. The fraction of sp³-hybridized carbons (Fsp3) is 0.0714. The quantitative estimate of drug-likeness (QED) is 0.221. The molecule has 2 N–H and O–H groups in total. The summed E-state index contributed by atoms with van der Waals surface area (Å²) in [5, 5.41) is 27.9. The highest BCUT2D eigenvalue weighted by Gasteiger charge is 2.21. The van der Waals surface area contributed by atoms with Crippen molar-refractivity contribution in [1.29, 1.82) is 0 Å². The van der Waals surface area contributed by atoms with Gasteiger partial charge in [0.25, 0.3) is 23.2 Å². The maximum absolute atomic E-state index is 12.7. The van der Waals surface area contributed by atoms with Crippen molar-refractivity contribution in [3.63, 3.8) is 0 Å². The van der Waals surface area contributed by atoms with Crippen LogP contribution in [0.15, 0.2) is 84.9 Å². The van der Waals surface area contributed by atoms with E-state index in [0.717, 1.165) is 22.3 Å². The van der Waals surface area contributed by atoms with Crippen LogP contribution >= 0.6 is 0 Å². The molecule has 10 nitrogen and oxygen atoms in total. The molecular weight excluding hydrogens is 488 g/mol. The molecule has 0 aromatic heterocycles. The maximum Gasteiger partial charge on any atom is 0.282 e. The zero-order chi connectivity index (χ0) is 27.4. The molecule has 4 aromatic carbocycles. The Kier molecular flexibility index (Phi) is 7.24. The molecule has 0 aliphatic carbocycles. The summed E-state index contributed by atoms with van der Waals surface area (Å²) in [5.74, 6) is -1.17. The number of nitro benzene ring substituents is 2. The van der Waals surface area contributed by atoms with E-state index in [2.05, 4.69) is 10.6 Å². The standard InChI is InChI=1S/C28H22N4O6/c1-17-15-19(29-27(33)23-7-3-5-9-25(23)31(35)36)11-13-21(17)22-14-12-20(16-18(22)2)30-28(34)24-8-4-6-10-26(24)32(37)38/h3-16H,1-2H3,(H,29,33)(H,30,34). The molecule has 0 saturated carbocycles. The molecule has 0 heterocycles. The molecule has 2 amide bonds. The lowest BCUT2D eigenvalue weighted by Gasteiger charge is -2.14. The number of nitro groups is 2. The number of rotatable bonds is 7. The first kappa shape index (κ1) is 25.7. The summed E-state index contributed by atoms with van der Waals surface area (Å²) in [6.07, 6.45) is 0. The Labute approximate surface area is 217 Å². The molecule has 0 saturated heterocycles. The molecule has 190 valence electrons. The first-order chi connectivity index (χ1) is 18.2. The Morgan fingerprint density at radius 3 is 1.32 bits per heavy atom. The van der Waals surface area contributed by atoms with Crippen LogP contribution in [0.3, 0.4) is 0 Å². The number of hydrogen-bond donors (Lipinski definition) is 2. The number of nitrogens with zero attached hydrogens (tertiary/aromatic N) is 2. The molecule has 4 aromatic rings. The minimum Gasteiger partial charge on any atom is -0.322 e. The van der Waals surface area contributed by atoms with Crippen molar-refractivity contribution in [2.75, 3.05) is 10.6 Å². The third-order valence-corrected chi connectivity index (χ3v) is 5.95. The van der Waals surface area contributed by atoms with Gasteiger partial charge in [-0.25, -0.2) is 0 Å². The number of anilines is 2. The summed E-state index contributed by atoms with van der Waals surface area (Å²) < 4.78 is 0. The van der Waals surface area contributed by atoms with Crippen molar-refractivity contribution < 1.29 is 19.4 Å². The van der Waals surface area contributed by atoms with E-state index in [1.54, 1.807) is 36.4 Å². The average molecular weight is 511 g/mol. The number of carbonyl (C=O) groups excluding carboxylic acids is 2. The number of para-hydroxylation sites is 2. The van der Waals surface area contributed by atoms with Crippen molar-refractivity contribution in [2.24, 2.45) is 0 Å². The zero-order valence-corrected chi connectivity index (χ0v) is 20.4. The summed E-state index contributed by atoms with van der Waals surface area (Å²) in [5.41, 5.74) is 3.84.